The Balaban J connectivity index is 1.42. The van der Waals surface area contributed by atoms with Crippen molar-refractivity contribution in [3.8, 4) is 5.75 Å². The summed E-state index contributed by atoms with van der Waals surface area (Å²) in [6.45, 7) is 1.35. The van der Waals surface area contributed by atoms with Crippen molar-refractivity contribution in [2.45, 2.75) is 29.2 Å². The molecule has 2 aliphatic rings. The zero-order chi connectivity index (χ0) is 21.5. The average Bonchev–Trinajstić information content (AvgIpc) is 3.21. The van der Waals surface area contributed by atoms with E-state index in [1.165, 1.54) is 10.4 Å². The van der Waals surface area contributed by atoms with E-state index < -0.39 is 15.6 Å². The van der Waals surface area contributed by atoms with Gasteiger partial charge in [0.05, 0.1) is 18.7 Å². The minimum atomic E-state index is -3.68. The molecule has 1 amide bonds. The molecule has 2 saturated heterocycles. The molecule has 0 aliphatic carbocycles. The summed E-state index contributed by atoms with van der Waals surface area (Å²) in [6, 6.07) is 8.90. The highest BCUT2D eigenvalue weighted by atomic mass is 35.5. The van der Waals surface area contributed by atoms with E-state index >= 15 is 0 Å². The summed E-state index contributed by atoms with van der Waals surface area (Å²) >= 11 is 12.8. The monoisotopic (exact) mass is 490 g/mol. The van der Waals surface area contributed by atoms with Crippen molar-refractivity contribution in [2.24, 2.45) is 0 Å². The number of benzene rings is 1. The Labute approximate surface area is 189 Å². The molecule has 2 aliphatic heterocycles. The lowest BCUT2D eigenvalue weighted by Crippen LogP contribution is -2.48. The Hall–Kier alpha value is -1.52. The number of carbonyl (C=O) groups excluding carboxylic acids is 1. The number of rotatable bonds is 5. The van der Waals surface area contributed by atoms with E-state index in [1.54, 1.807) is 12.0 Å². The van der Waals surface area contributed by atoms with E-state index in [0.717, 1.165) is 22.6 Å². The second-order valence-corrected chi connectivity index (χ2v) is 11.6. The van der Waals surface area contributed by atoms with Gasteiger partial charge in [-0.1, -0.05) is 35.3 Å². The largest absolute Gasteiger partial charge is 0.497 e. The molecular weight excluding hydrogens is 471 g/mol. The molecule has 11 heteroatoms. The van der Waals surface area contributed by atoms with Gasteiger partial charge in [0.1, 0.15) is 19.9 Å². The summed E-state index contributed by atoms with van der Waals surface area (Å²) in [5.41, 5.74) is 0.266. The summed E-state index contributed by atoms with van der Waals surface area (Å²) in [4.78, 5) is 14.1. The Kier molecular flexibility index (Phi) is 5.93. The van der Waals surface area contributed by atoms with Crippen LogP contribution in [0.15, 0.2) is 34.5 Å². The van der Waals surface area contributed by atoms with Crippen molar-refractivity contribution < 1.29 is 22.7 Å². The fraction of sp³-hybridized carbons (Fsp3) is 0.421. The van der Waals surface area contributed by atoms with Gasteiger partial charge in [0.25, 0.3) is 10.0 Å². The molecule has 1 aromatic carbocycles. The standard InChI is InChI=1S/C19H20Cl2N2O5S2/c1-27-14-4-2-3-13(9-14)11-22-12-19(28-18(22)24)5-7-23(8-6-19)30(25,26)16-10-15(20)17(21)29-16/h2-4,9-10H,5-8,11-12H2,1H3. The topological polar surface area (TPSA) is 76.2 Å². The highest BCUT2D eigenvalue weighted by molar-refractivity contribution is 7.91. The van der Waals surface area contributed by atoms with Crippen molar-refractivity contribution >= 4 is 50.7 Å². The molecule has 30 heavy (non-hydrogen) atoms. The molecule has 0 N–H and O–H groups in total. The van der Waals surface area contributed by atoms with Gasteiger partial charge in [-0.25, -0.2) is 13.2 Å². The fourth-order valence-electron chi connectivity index (χ4n) is 3.78. The Morgan fingerprint density at radius 3 is 2.60 bits per heavy atom. The summed E-state index contributed by atoms with van der Waals surface area (Å²) in [5.74, 6) is 0.724. The third kappa shape index (κ3) is 4.13. The number of amides is 1. The molecule has 0 unspecified atom stereocenters. The zero-order valence-electron chi connectivity index (χ0n) is 16.1. The van der Waals surface area contributed by atoms with Crippen LogP contribution in [0.3, 0.4) is 0 Å². The quantitative estimate of drug-likeness (QED) is 0.626. The first-order valence-corrected chi connectivity index (χ1v) is 12.3. The van der Waals surface area contributed by atoms with Crippen LogP contribution in [-0.2, 0) is 21.3 Å². The molecular formula is C19H20Cl2N2O5S2. The van der Waals surface area contributed by atoms with E-state index in [4.69, 9.17) is 32.7 Å². The summed E-state index contributed by atoms with van der Waals surface area (Å²) in [6.07, 6.45) is 0.477. The molecule has 1 aromatic heterocycles. The van der Waals surface area contributed by atoms with Crippen molar-refractivity contribution in [3.63, 3.8) is 0 Å². The second kappa shape index (κ2) is 8.20. The average molecular weight is 491 g/mol. The van der Waals surface area contributed by atoms with Crippen LogP contribution in [0.1, 0.15) is 18.4 Å². The number of halogens is 2. The lowest BCUT2D eigenvalue weighted by atomic mass is 9.92. The minimum Gasteiger partial charge on any atom is -0.497 e. The third-order valence-corrected chi connectivity index (χ3v) is 9.61. The fourth-order valence-corrected chi connectivity index (χ4v) is 7.26. The molecule has 0 bridgehead atoms. The molecule has 162 valence electrons. The van der Waals surface area contributed by atoms with E-state index in [2.05, 4.69) is 0 Å². The molecule has 0 atom stereocenters. The molecule has 7 nitrogen and oxygen atoms in total. The Morgan fingerprint density at radius 1 is 1.23 bits per heavy atom. The maximum Gasteiger partial charge on any atom is 0.410 e. The first-order chi connectivity index (χ1) is 14.2. The van der Waals surface area contributed by atoms with E-state index in [9.17, 15) is 13.2 Å². The van der Waals surface area contributed by atoms with Gasteiger partial charge < -0.3 is 9.47 Å². The van der Waals surface area contributed by atoms with Gasteiger partial charge >= 0.3 is 6.09 Å². The number of hydrogen-bond acceptors (Lipinski definition) is 6. The lowest BCUT2D eigenvalue weighted by Gasteiger charge is -2.36. The molecule has 0 radical (unpaired) electrons. The number of thiophene rings is 1. The van der Waals surface area contributed by atoms with E-state index in [-0.39, 0.29) is 32.8 Å². The highest BCUT2D eigenvalue weighted by Gasteiger charge is 2.48. The smallest absolute Gasteiger partial charge is 0.410 e. The number of sulfonamides is 1. The summed E-state index contributed by atoms with van der Waals surface area (Å²) in [7, 11) is -2.08. The molecule has 2 aromatic rings. The molecule has 2 fully saturated rings. The summed E-state index contributed by atoms with van der Waals surface area (Å²) < 4.78 is 38.5. The summed E-state index contributed by atoms with van der Waals surface area (Å²) in [5, 5.41) is 0.228. The van der Waals surface area contributed by atoms with Gasteiger partial charge in [0.2, 0.25) is 0 Å². The molecule has 0 saturated carbocycles. The van der Waals surface area contributed by atoms with Crippen LogP contribution in [-0.4, -0.2) is 56.1 Å². The number of nitrogens with zero attached hydrogens (tertiary/aromatic N) is 2. The first kappa shape index (κ1) is 21.7. The minimum absolute atomic E-state index is 0.122. The number of carbonyl (C=O) groups is 1. The molecule has 4 rings (SSSR count). The van der Waals surface area contributed by atoms with Crippen LogP contribution in [0.25, 0.3) is 0 Å². The number of piperidine rings is 1. The van der Waals surface area contributed by atoms with Crippen molar-refractivity contribution in [2.75, 3.05) is 26.7 Å². The van der Waals surface area contributed by atoms with Crippen molar-refractivity contribution in [3.05, 3.63) is 45.3 Å². The van der Waals surface area contributed by atoms with Crippen LogP contribution in [0.4, 0.5) is 4.79 Å². The SMILES string of the molecule is COc1cccc(CN2CC3(CCN(S(=O)(=O)c4cc(Cl)c(Cl)s4)CC3)OC2=O)c1. The van der Waals surface area contributed by atoms with Gasteiger partial charge in [-0.3, -0.25) is 4.90 Å². The Morgan fingerprint density at radius 2 is 1.97 bits per heavy atom. The van der Waals surface area contributed by atoms with Crippen LogP contribution >= 0.6 is 34.5 Å². The number of hydrogen-bond donors (Lipinski definition) is 0. The van der Waals surface area contributed by atoms with Crippen LogP contribution in [0, 0.1) is 0 Å². The molecule has 1 spiro atoms. The number of methoxy groups -OCH3 is 1. The van der Waals surface area contributed by atoms with Crippen molar-refractivity contribution in [1.82, 2.24) is 9.21 Å². The zero-order valence-corrected chi connectivity index (χ0v) is 19.3. The highest BCUT2D eigenvalue weighted by Crippen LogP contribution is 2.39. The van der Waals surface area contributed by atoms with Crippen LogP contribution in [0.5, 0.6) is 5.75 Å². The van der Waals surface area contributed by atoms with Gasteiger partial charge in [0.15, 0.2) is 0 Å². The van der Waals surface area contributed by atoms with Crippen LogP contribution in [0.2, 0.25) is 9.36 Å². The molecule has 3 heterocycles. The second-order valence-electron chi connectivity index (χ2n) is 7.35. The Bertz CT molecular complexity index is 1050. The maximum absolute atomic E-state index is 12.9. The van der Waals surface area contributed by atoms with Crippen LogP contribution < -0.4 is 4.74 Å². The van der Waals surface area contributed by atoms with E-state index in [0.29, 0.717) is 25.9 Å². The third-order valence-electron chi connectivity index (χ3n) is 5.40. The van der Waals surface area contributed by atoms with E-state index in [1.807, 2.05) is 24.3 Å². The normalized spacial score (nSPS) is 19.3. The first-order valence-electron chi connectivity index (χ1n) is 9.28. The van der Waals surface area contributed by atoms with Gasteiger partial charge in [-0.05, 0) is 23.8 Å². The van der Waals surface area contributed by atoms with Crippen molar-refractivity contribution in [1.29, 1.82) is 0 Å². The van der Waals surface area contributed by atoms with Gasteiger partial charge in [-0.2, -0.15) is 4.31 Å². The lowest BCUT2D eigenvalue weighted by molar-refractivity contribution is 0.0172. The van der Waals surface area contributed by atoms with Gasteiger partial charge in [0, 0.05) is 32.5 Å². The maximum atomic E-state index is 12.9. The number of ether oxygens (including phenoxy) is 2. The van der Waals surface area contributed by atoms with Gasteiger partial charge in [-0.15, -0.1) is 11.3 Å². The predicted octanol–water partition coefficient (Wildman–Crippen LogP) is 4.24. The predicted molar refractivity (Wildman–Crippen MR) is 115 cm³/mol.